The van der Waals surface area contributed by atoms with Crippen molar-refractivity contribution in [2.45, 2.75) is 76.5 Å². The number of hydrogen-bond acceptors (Lipinski definition) is 8. The van der Waals surface area contributed by atoms with Crippen molar-refractivity contribution >= 4 is 29.2 Å². The molecule has 5 heterocycles. The third-order valence-corrected chi connectivity index (χ3v) is 12.4. The van der Waals surface area contributed by atoms with Gasteiger partial charge in [-0.15, -0.1) is 0 Å². The molecule has 4 atom stereocenters. The van der Waals surface area contributed by atoms with Crippen LogP contribution < -0.4 is 5.32 Å². The molecule has 0 spiro atoms. The molecule has 2 fully saturated rings. The number of aromatic amines is 1. The summed E-state index contributed by atoms with van der Waals surface area (Å²) in [6.45, 7) is 7.18. The van der Waals surface area contributed by atoms with E-state index < -0.39 is 12.1 Å². The first-order valence-electron chi connectivity index (χ1n) is 21.5. The number of alkyl carbamates (subject to hydrolysis) is 1. The molecule has 3 aliphatic heterocycles. The van der Waals surface area contributed by atoms with Crippen LogP contribution in [0, 0.1) is 0 Å². The van der Waals surface area contributed by atoms with Crippen LogP contribution >= 0.6 is 0 Å². The minimum atomic E-state index is -0.788. The van der Waals surface area contributed by atoms with Gasteiger partial charge in [-0.2, -0.15) is 0 Å². The number of ether oxygens (including phenoxy) is 1. The summed E-state index contributed by atoms with van der Waals surface area (Å²) in [6, 6.07) is 29.6. The summed E-state index contributed by atoms with van der Waals surface area (Å²) in [5.74, 6) is 0.713. The monoisotopic (exact) mass is 818 g/mol. The molecule has 314 valence electrons. The Kier molecular flexibility index (Phi) is 12.8. The number of allylic oxidation sites excluding steroid dienone is 1. The van der Waals surface area contributed by atoms with Gasteiger partial charge in [0.2, 0.25) is 11.8 Å². The Bertz CT molecular complexity index is 2360. The summed E-state index contributed by atoms with van der Waals surface area (Å²) in [6.07, 6.45) is 11.1. The van der Waals surface area contributed by atoms with Crippen LogP contribution in [0.5, 0.6) is 0 Å². The van der Waals surface area contributed by atoms with Gasteiger partial charge in [-0.05, 0) is 89.9 Å². The van der Waals surface area contributed by atoms with Gasteiger partial charge in [0.25, 0.3) is 0 Å². The van der Waals surface area contributed by atoms with E-state index in [9.17, 15) is 14.4 Å². The lowest BCUT2D eigenvalue weighted by Gasteiger charge is -2.35. The molecule has 5 aromatic rings. The third kappa shape index (κ3) is 9.05. The number of pyridine rings is 1. The van der Waals surface area contributed by atoms with Crippen molar-refractivity contribution < 1.29 is 19.1 Å². The highest BCUT2D eigenvalue weighted by atomic mass is 16.5. The average molecular weight is 819 g/mol. The fraction of sp³-hybridized carbons (Fsp3) is 0.347. The highest BCUT2D eigenvalue weighted by Gasteiger charge is 2.39. The van der Waals surface area contributed by atoms with Gasteiger partial charge < -0.3 is 24.8 Å². The smallest absolute Gasteiger partial charge is 0.407 e. The summed E-state index contributed by atoms with van der Waals surface area (Å²) in [5, 5.41) is 2.74. The predicted molar refractivity (Wildman–Crippen MR) is 237 cm³/mol. The number of nitrogens with one attached hydrogen (secondary N) is 2. The number of carbonyl (C=O) groups is 3. The van der Waals surface area contributed by atoms with Crippen LogP contribution in [0.4, 0.5) is 4.79 Å². The number of methoxy groups -OCH3 is 1. The predicted octanol–water partition coefficient (Wildman–Crippen LogP) is 8.03. The van der Waals surface area contributed by atoms with Gasteiger partial charge >= 0.3 is 6.09 Å². The normalized spacial score (nSPS) is 18.5. The van der Waals surface area contributed by atoms with Gasteiger partial charge in [0, 0.05) is 50.2 Å². The lowest BCUT2D eigenvalue weighted by molar-refractivity contribution is -0.137. The number of rotatable bonds is 14. The van der Waals surface area contributed by atoms with Crippen molar-refractivity contribution in [3.63, 3.8) is 0 Å². The van der Waals surface area contributed by atoms with E-state index in [1.165, 1.54) is 12.7 Å². The first-order chi connectivity index (χ1) is 29.8. The maximum Gasteiger partial charge on any atom is 0.407 e. The van der Waals surface area contributed by atoms with Crippen molar-refractivity contribution in [3.8, 4) is 22.4 Å². The molecule has 2 aromatic heterocycles. The summed E-state index contributed by atoms with van der Waals surface area (Å²) in [7, 11) is 1.29. The number of nitrogens with zero attached hydrogens (tertiary/aromatic N) is 6. The van der Waals surface area contributed by atoms with Crippen LogP contribution in [-0.2, 0) is 20.7 Å². The van der Waals surface area contributed by atoms with E-state index in [4.69, 9.17) is 14.7 Å². The Hall–Kier alpha value is -6.40. The second-order valence-corrected chi connectivity index (χ2v) is 16.0. The first kappa shape index (κ1) is 41.3. The molecular formula is C49H54N8O4. The molecule has 0 aliphatic carbocycles. The molecule has 2 N–H and O–H groups in total. The van der Waals surface area contributed by atoms with Crippen molar-refractivity contribution in [2.24, 2.45) is 4.99 Å². The number of H-pyrrole nitrogens is 1. The number of amides is 3. The highest BCUT2D eigenvalue weighted by molar-refractivity contribution is 6.03. The molecule has 0 unspecified atom stereocenters. The minimum Gasteiger partial charge on any atom is -0.453 e. The molecule has 3 aromatic carbocycles. The Balaban J connectivity index is 0.897. The maximum absolute atomic E-state index is 14.3. The van der Waals surface area contributed by atoms with Gasteiger partial charge in [-0.3, -0.25) is 24.5 Å². The number of aliphatic imine (C=N–C) groups is 1. The number of likely N-dealkylation sites (N-methyl/N-ethyl adjacent to an activating group) is 1. The zero-order valence-electron chi connectivity index (χ0n) is 35.2. The van der Waals surface area contributed by atoms with Gasteiger partial charge in [-0.25, -0.2) is 9.78 Å². The van der Waals surface area contributed by atoms with Crippen molar-refractivity contribution in [2.75, 3.05) is 33.3 Å². The topological polar surface area (TPSA) is 136 Å². The first-order valence-corrected chi connectivity index (χ1v) is 21.5. The summed E-state index contributed by atoms with van der Waals surface area (Å²) < 4.78 is 4.84. The van der Waals surface area contributed by atoms with E-state index in [1.54, 1.807) is 12.4 Å². The van der Waals surface area contributed by atoms with Crippen LogP contribution in [0.3, 0.4) is 0 Å². The van der Waals surface area contributed by atoms with Gasteiger partial charge in [0.05, 0.1) is 31.1 Å². The molecule has 61 heavy (non-hydrogen) atoms. The average Bonchev–Trinajstić information content (AvgIpc) is 4.16. The van der Waals surface area contributed by atoms with Gasteiger partial charge in [0.15, 0.2) is 0 Å². The maximum atomic E-state index is 14.3. The van der Waals surface area contributed by atoms with Crippen LogP contribution in [0.1, 0.15) is 80.6 Å². The van der Waals surface area contributed by atoms with E-state index in [2.05, 4.69) is 99.6 Å². The molecule has 0 bridgehead atoms. The zero-order chi connectivity index (χ0) is 42.3. The largest absolute Gasteiger partial charge is 0.453 e. The van der Waals surface area contributed by atoms with Crippen LogP contribution in [0.2, 0.25) is 0 Å². The Morgan fingerprint density at radius 1 is 0.803 bits per heavy atom. The Morgan fingerprint density at radius 3 is 2.08 bits per heavy atom. The molecule has 12 heteroatoms. The fourth-order valence-electron chi connectivity index (χ4n) is 9.14. The molecule has 8 rings (SSSR count). The quantitative estimate of drug-likeness (QED) is 0.116. The number of aromatic nitrogens is 3. The van der Waals surface area contributed by atoms with Crippen molar-refractivity contribution in [1.82, 2.24) is 35.0 Å². The summed E-state index contributed by atoms with van der Waals surface area (Å²) in [4.78, 5) is 63.8. The Morgan fingerprint density at radius 2 is 1.43 bits per heavy atom. The second-order valence-electron chi connectivity index (χ2n) is 16.0. The standard InChI is InChI=1S/C49H54N8O4/c1-4-55(5-2)45(38-11-7-6-8-12-38)48(59)56-27-9-13-43(56)40-30-39(31-51-40)36-17-15-34(16-18-36)35-19-21-37(22-20-35)42-32-52-46(53-42)44-14-10-28-57(44)47(58)41(54-49(60)61-3)29-33-23-25-50-26-24-33/h6-8,11-12,15-26,31-32,41,43-45H,4-5,9-10,13-14,27-30H2,1-3H3,(H,52,53)(H,54,60)/t41-,43-,44-,45+/m0/s1. The fourth-order valence-corrected chi connectivity index (χ4v) is 9.14. The molecule has 0 saturated carbocycles. The molecule has 3 aliphatic rings. The van der Waals surface area contributed by atoms with Crippen LogP contribution in [0.15, 0.2) is 121 Å². The number of likely N-dealkylation sites (tertiary alicyclic amines) is 2. The molecule has 12 nitrogen and oxygen atoms in total. The summed E-state index contributed by atoms with van der Waals surface area (Å²) >= 11 is 0. The minimum absolute atomic E-state index is 0.0112. The third-order valence-electron chi connectivity index (χ3n) is 12.4. The molecule has 2 saturated heterocycles. The Labute approximate surface area is 357 Å². The molecular weight excluding hydrogens is 765 g/mol. The van der Waals surface area contributed by atoms with Gasteiger partial charge in [-0.1, -0.05) is 92.7 Å². The van der Waals surface area contributed by atoms with E-state index in [1.807, 2.05) is 47.6 Å². The number of carbonyl (C=O) groups excluding carboxylic acids is 3. The van der Waals surface area contributed by atoms with E-state index in [0.717, 1.165) is 102 Å². The molecule has 0 radical (unpaired) electrons. The van der Waals surface area contributed by atoms with E-state index >= 15 is 0 Å². The number of imidazole rings is 1. The lowest BCUT2D eigenvalue weighted by Crippen LogP contribution is -2.49. The van der Waals surface area contributed by atoms with Crippen molar-refractivity contribution in [1.29, 1.82) is 0 Å². The van der Waals surface area contributed by atoms with E-state index in [0.29, 0.717) is 13.0 Å². The van der Waals surface area contributed by atoms with Gasteiger partial charge in [0.1, 0.15) is 17.9 Å². The number of hydrogen-bond donors (Lipinski definition) is 2. The van der Waals surface area contributed by atoms with Crippen LogP contribution in [0.25, 0.3) is 28.0 Å². The lowest BCUT2D eigenvalue weighted by atomic mass is 9.96. The highest BCUT2D eigenvalue weighted by Crippen LogP contribution is 2.35. The second kappa shape index (κ2) is 18.9. The number of benzene rings is 3. The SMILES string of the molecule is CCN(CC)[C@@H](C(=O)N1CCC[C@H]1C1=NC=C(c2ccc(-c3ccc(-c4cnc([C@@H]5CCCN5C(=O)[C@H](Cc5ccncc5)NC(=O)OC)[nH]4)cc3)cc2)C1)c1ccccc1. The zero-order valence-corrected chi connectivity index (χ0v) is 35.2. The van der Waals surface area contributed by atoms with E-state index in [-0.39, 0.29) is 29.9 Å². The summed E-state index contributed by atoms with van der Waals surface area (Å²) in [5.41, 5.74) is 9.37. The van der Waals surface area contributed by atoms with Crippen LogP contribution in [-0.4, -0.2) is 98.6 Å². The molecule has 3 amide bonds. The van der Waals surface area contributed by atoms with Crippen molar-refractivity contribution in [3.05, 3.63) is 138 Å².